The first-order valence-corrected chi connectivity index (χ1v) is 10.3. The van der Waals surface area contributed by atoms with E-state index in [-0.39, 0.29) is 12.0 Å². The molecule has 2 aromatic rings. The molecular weight excluding hydrogens is 398 g/mol. The Balaban J connectivity index is 1.56. The van der Waals surface area contributed by atoms with Crippen molar-refractivity contribution < 1.29 is 19.1 Å². The number of anilines is 2. The summed E-state index contributed by atoms with van der Waals surface area (Å²) in [5.41, 5.74) is 0.782. The largest absolute Gasteiger partial charge is 0.477 e. The van der Waals surface area contributed by atoms with Crippen LogP contribution in [0.1, 0.15) is 38.1 Å². The average molecular weight is 428 g/mol. The van der Waals surface area contributed by atoms with Gasteiger partial charge in [-0.05, 0) is 52.0 Å². The number of carbonyl (C=O) groups excluding carboxylic acids is 2. The summed E-state index contributed by atoms with van der Waals surface area (Å²) in [7, 11) is 0. The zero-order chi connectivity index (χ0) is 22.4. The quantitative estimate of drug-likeness (QED) is 0.783. The topological polar surface area (TPSA) is 96.9 Å². The third-order valence-electron chi connectivity index (χ3n) is 4.58. The van der Waals surface area contributed by atoms with Gasteiger partial charge < -0.3 is 24.6 Å². The molecule has 31 heavy (non-hydrogen) atoms. The van der Waals surface area contributed by atoms with Crippen molar-refractivity contribution in [3.8, 4) is 5.88 Å². The Morgan fingerprint density at radius 2 is 1.84 bits per heavy atom. The number of amides is 2. The minimum absolute atomic E-state index is 0.287. The van der Waals surface area contributed by atoms with Gasteiger partial charge in [0.15, 0.2) is 0 Å². The fourth-order valence-electron chi connectivity index (χ4n) is 3.12. The molecule has 0 saturated carbocycles. The van der Waals surface area contributed by atoms with E-state index in [2.05, 4.69) is 20.2 Å². The lowest BCUT2D eigenvalue weighted by molar-refractivity contribution is 0.0240. The van der Waals surface area contributed by atoms with Crippen molar-refractivity contribution >= 4 is 23.5 Å². The number of pyridine rings is 2. The van der Waals surface area contributed by atoms with E-state index in [1.165, 1.54) is 0 Å². The third-order valence-corrected chi connectivity index (χ3v) is 4.58. The Morgan fingerprint density at radius 3 is 2.45 bits per heavy atom. The van der Waals surface area contributed by atoms with Crippen LogP contribution in [0.2, 0.25) is 0 Å². The van der Waals surface area contributed by atoms with Crippen molar-refractivity contribution in [2.45, 2.75) is 33.3 Å². The number of ether oxygens (including phenoxy) is 2. The summed E-state index contributed by atoms with van der Waals surface area (Å²) in [6.07, 6.45) is 3.01. The van der Waals surface area contributed by atoms with Gasteiger partial charge in [0.05, 0.1) is 18.5 Å². The molecule has 3 heterocycles. The molecule has 2 aromatic heterocycles. The van der Waals surface area contributed by atoms with Crippen LogP contribution in [0.3, 0.4) is 0 Å². The van der Waals surface area contributed by atoms with Gasteiger partial charge >= 0.3 is 6.09 Å². The van der Waals surface area contributed by atoms with Gasteiger partial charge in [-0.25, -0.2) is 14.8 Å². The van der Waals surface area contributed by atoms with Gasteiger partial charge in [0.1, 0.15) is 17.0 Å². The zero-order valence-electron chi connectivity index (χ0n) is 18.4. The Hall–Kier alpha value is -3.36. The SMILES string of the molecule is CCOc1ncccc1C(=O)Nc1ccc(N2CCN(C(=O)OC(C)(C)C)CC2)cn1. The lowest BCUT2D eigenvalue weighted by Crippen LogP contribution is -2.50. The Labute approximate surface area is 182 Å². The number of carbonyl (C=O) groups is 2. The van der Waals surface area contributed by atoms with Crippen LogP contribution in [0.15, 0.2) is 36.7 Å². The van der Waals surface area contributed by atoms with E-state index in [9.17, 15) is 9.59 Å². The first kappa shape index (κ1) is 22.3. The molecule has 166 valence electrons. The van der Waals surface area contributed by atoms with Crippen LogP contribution in [-0.2, 0) is 4.74 Å². The normalized spacial score (nSPS) is 14.2. The van der Waals surface area contributed by atoms with Crippen molar-refractivity contribution in [2.24, 2.45) is 0 Å². The Morgan fingerprint density at radius 1 is 1.10 bits per heavy atom. The highest BCUT2D eigenvalue weighted by Gasteiger charge is 2.26. The summed E-state index contributed by atoms with van der Waals surface area (Å²) in [6.45, 7) is 10.4. The predicted molar refractivity (Wildman–Crippen MR) is 118 cm³/mol. The number of hydrogen-bond acceptors (Lipinski definition) is 7. The molecule has 0 radical (unpaired) electrons. The molecule has 1 aliphatic rings. The van der Waals surface area contributed by atoms with Gasteiger partial charge in [-0.15, -0.1) is 0 Å². The fraction of sp³-hybridized carbons (Fsp3) is 0.455. The van der Waals surface area contributed by atoms with Gasteiger partial charge in [-0.2, -0.15) is 0 Å². The van der Waals surface area contributed by atoms with E-state index in [0.717, 1.165) is 5.69 Å². The Bertz CT molecular complexity index is 903. The lowest BCUT2D eigenvalue weighted by atomic mass is 10.2. The molecule has 1 fully saturated rings. The second-order valence-corrected chi connectivity index (χ2v) is 8.10. The van der Waals surface area contributed by atoms with Crippen molar-refractivity contribution in [2.75, 3.05) is 43.0 Å². The summed E-state index contributed by atoms with van der Waals surface area (Å²) in [4.78, 5) is 37.1. The highest BCUT2D eigenvalue weighted by atomic mass is 16.6. The van der Waals surface area contributed by atoms with E-state index in [1.54, 1.807) is 35.5 Å². The first-order valence-electron chi connectivity index (χ1n) is 10.3. The monoisotopic (exact) mass is 427 g/mol. The summed E-state index contributed by atoms with van der Waals surface area (Å²) in [5, 5.41) is 2.77. The molecular formula is C22H29N5O4. The second-order valence-electron chi connectivity index (χ2n) is 8.10. The minimum Gasteiger partial charge on any atom is -0.477 e. The molecule has 9 nitrogen and oxygen atoms in total. The number of nitrogens with zero attached hydrogens (tertiary/aromatic N) is 4. The molecule has 0 atom stereocenters. The molecule has 3 rings (SSSR count). The van der Waals surface area contributed by atoms with Crippen LogP contribution in [0, 0.1) is 0 Å². The fourth-order valence-corrected chi connectivity index (χ4v) is 3.12. The van der Waals surface area contributed by atoms with Crippen molar-refractivity contribution in [3.05, 3.63) is 42.2 Å². The van der Waals surface area contributed by atoms with Gasteiger partial charge in [0.25, 0.3) is 5.91 Å². The van der Waals surface area contributed by atoms with E-state index in [4.69, 9.17) is 9.47 Å². The summed E-state index contributed by atoms with van der Waals surface area (Å²) < 4.78 is 10.8. The average Bonchev–Trinajstić information content (AvgIpc) is 2.74. The molecule has 0 spiro atoms. The molecule has 0 aliphatic carbocycles. The van der Waals surface area contributed by atoms with Crippen LogP contribution in [-0.4, -0.2) is 65.3 Å². The minimum atomic E-state index is -0.502. The van der Waals surface area contributed by atoms with Crippen LogP contribution < -0.4 is 15.0 Å². The van der Waals surface area contributed by atoms with Crippen LogP contribution >= 0.6 is 0 Å². The van der Waals surface area contributed by atoms with Crippen molar-refractivity contribution in [1.29, 1.82) is 0 Å². The molecule has 0 aromatic carbocycles. The highest BCUT2D eigenvalue weighted by molar-refractivity contribution is 6.05. The zero-order valence-corrected chi connectivity index (χ0v) is 18.4. The third kappa shape index (κ3) is 6.07. The maximum Gasteiger partial charge on any atom is 0.410 e. The number of hydrogen-bond donors (Lipinski definition) is 1. The van der Waals surface area contributed by atoms with Crippen LogP contribution in [0.25, 0.3) is 0 Å². The first-order chi connectivity index (χ1) is 14.8. The number of rotatable bonds is 5. The smallest absolute Gasteiger partial charge is 0.410 e. The number of piperazine rings is 1. The molecule has 0 unspecified atom stereocenters. The van der Waals surface area contributed by atoms with E-state index < -0.39 is 5.60 Å². The summed E-state index contributed by atoms with van der Waals surface area (Å²) in [6, 6.07) is 7.00. The van der Waals surface area contributed by atoms with Crippen LogP contribution in [0.4, 0.5) is 16.3 Å². The van der Waals surface area contributed by atoms with Gasteiger partial charge in [0, 0.05) is 32.4 Å². The number of aromatic nitrogens is 2. The molecule has 1 aliphatic heterocycles. The standard InChI is InChI=1S/C22H29N5O4/c1-5-30-20-17(7-6-10-23-20)19(28)25-18-9-8-16(15-24-18)26-11-13-27(14-12-26)21(29)31-22(2,3)4/h6-10,15H,5,11-14H2,1-4H3,(H,24,25,28). The van der Waals surface area contributed by atoms with E-state index in [0.29, 0.717) is 50.0 Å². The summed E-state index contributed by atoms with van der Waals surface area (Å²) >= 11 is 0. The van der Waals surface area contributed by atoms with Crippen molar-refractivity contribution in [3.63, 3.8) is 0 Å². The molecule has 9 heteroatoms. The Kier molecular flexibility index (Phi) is 6.94. The molecule has 1 N–H and O–H groups in total. The van der Waals surface area contributed by atoms with Crippen LogP contribution in [0.5, 0.6) is 5.88 Å². The highest BCUT2D eigenvalue weighted by Crippen LogP contribution is 2.20. The predicted octanol–water partition coefficient (Wildman–Crippen LogP) is 3.18. The van der Waals surface area contributed by atoms with Gasteiger partial charge in [0.2, 0.25) is 5.88 Å². The van der Waals surface area contributed by atoms with Gasteiger partial charge in [-0.3, -0.25) is 4.79 Å². The van der Waals surface area contributed by atoms with Gasteiger partial charge in [-0.1, -0.05) is 0 Å². The molecule has 1 saturated heterocycles. The molecule has 0 bridgehead atoms. The second kappa shape index (κ2) is 9.63. The number of nitrogens with one attached hydrogen (secondary N) is 1. The van der Waals surface area contributed by atoms with Crippen molar-refractivity contribution in [1.82, 2.24) is 14.9 Å². The van der Waals surface area contributed by atoms with E-state index in [1.807, 2.05) is 33.8 Å². The summed E-state index contributed by atoms with van der Waals surface area (Å²) in [5.74, 6) is 0.400. The van der Waals surface area contributed by atoms with E-state index >= 15 is 0 Å². The maximum absolute atomic E-state index is 12.6. The maximum atomic E-state index is 12.6. The molecule has 2 amide bonds. The lowest BCUT2D eigenvalue weighted by Gasteiger charge is -2.36.